The van der Waals surface area contributed by atoms with Crippen molar-refractivity contribution in [2.24, 2.45) is 0 Å². The van der Waals surface area contributed by atoms with Gasteiger partial charge in [-0.3, -0.25) is 4.79 Å². The molecule has 0 bridgehead atoms. The minimum atomic E-state index is -0.373. The summed E-state index contributed by atoms with van der Waals surface area (Å²) in [5, 5.41) is 8.03. The van der Waals surface area contributed by atoms with Gasteiger partial charge in [0.2, 0.25) is 0 Å². The van der Waals surface area contributed by atoms with E-state index in [1.807, 2.05) is 24.3 Å². The number of methoxy groups -OCH3 is 1. The van der Waals surface area contributed by atoms with E-state index in [2.05, 4.69) is 24.8 Å². The second-order valence-electron chi connectivity index (χ2n) is 5.05. The summed E-state index contributed by atoms with van der Waals surface area (Å²) in [6.07, 6.45) is 3.13. The van der Waals surface area contributed by atoms with Crippen molar-refractivity contribution in [1.29, 1.82) is 0 Å². The molecule has 0 spiro atoms. The number of carbonyl (C=O) groups excluding carboxylic acids is 1. The van der Waals surface area contributed by atoms with Gasteiger partial charge >= 0.3 is 5.97 Å². The van der Waals surface area contributed by atoms with Crippen LogP contribution in [-0.2, 0) is 22.6 Å². The first kappa shape index (κ1) is 15.3. The van der Waals surface area contributed by atoms with E-state index in [4.69, 9.17) is 0 Å². The number of hydrogen-bond acceptors (Lipinski definition) is 8. The van der Waals surface area contributed by atoms with Crippen LogP contribution in [0.5, 0.6) is 0 Å². The molecule has 3 aromatic heterocycles. The maximum atomic E-state index is 11.4. The molecule has 120 valence electrons. The van der Waals surface area contributed by atoms with Crippen molar-refractivity contribution < 1.29 is 9.53 Å². The number of fused-ring (bicyclic) bond motifs is 1. The van der Waals surface area contributed by atoms with Gasteiger partial charge in [-0.1, -0.05) is 0 Å². The Bertz CT molecular complexity index is 843. The molecule has 8 nitrogen and oxygen atoms in total. The molecular formula is C14H16N6O2S. The van der Waals surface area contributed by atoms with Gasteiger partial charge in [-0.15, -0.1) is 11.3 Å². The number of hydrogen-bond donors (Lipinski definition) is 0. The predicted octanol–water partition coefficient (Wildman–Crippen LogP) is 1.40. The summed E-state index contributed by atoms with van der Waals surface area (Å²) in [5.74, 6) is 0.376. The van der Waals surface area contributed by atoms with Crippen molar-refractivity contribution in [2.45, 2.75) is 20.0 Å². The van der Waals surface area contributed by atoms with Crippen molar-refractivity contribution in [1.82, 2.24) is 24.7 Å². The monoisotopic (exact) mass is 332 g/mol. The van der Waals surface area contributed by atoms with Crippen molar-refractivity contribution in [3.05, 3.63) is 28.6 Å². The van der Waals surface area contributed by atoms with E-state index in [-0.39, 0.29) is 12.5 Å². The number of esters is 1. The van der Waals surface area contributed by atoms with Crippen LogP contribution in [-0.4, -0.2) is 44.9 Å². The second kappa shape index (κ2) is 6.29. The lowest BCUT2D eigenvalue weighted by atomic mass is 10.3. The lowest BCUT2D eigenvalue weighted by Crippen LogP contribution is -2.18. The van der Waals surface area contributed by atoms with Gasteiger partial charge in [0.05, 0.1) is 25.2 Å². The summed E-state index contributed by atoms with van der Waals surface area (Å²) in [5.41, 5.74) is 1.61. The van der Waals surface area contributed by atoms with Gasteiger partial charge in [-0.05, 0) is 6.92 Å². The Morgan fingerprint density at radius 1 is 1.43 bits per heavy atom. The lowest BCUT2D eigenvalue weighted by Gasteiger charge is -2.17. The molecule has 0 saturated carbocycles. The molecular weight excluding hydrogens is 316 g/mol. The second-order valence-corrected chi connectivity index (χ2v) is 5.99. The molecule has 0 radical (unpaired) electrons. The molecule has 0 fully saturated rings. The van der Waals surface area contributed by atoms with E-state index < -0.39 is 0 Å². The van der Waals surface area contributed by atoms with E-state index in [1.54, 1.807) is 17.5 Å². The average Bonchev–Trinajstić information content (AvgIpc) is 3.13. The van der Waals surface area contributed by atoms with Gasteiger partial charge in [0.1, 0.15) is 23.7 Å². The number of nitrogens with zero attached hydrogens (tertiary/aromatic N) is 6. The summed E-state index contributed by atoms with van der Waals surface area (Å²) < 4.78 is 6.18. The predicted molar refractivity (Wildman–Crippen MR) is 86.3 cm³/mol. The lowest BCUT2D eigenvalue weighted by molar-refractivity contribution is -0.141. The smallest absolute Gasteiger partial charge is 0.327 e. The molecule has 0 atom stereocenters. The molecule has 0 amide bonds. The highest BCUT2D eigenvalue weighted by molar-refractivity contribution is 7.09. The third-order valence-corrected chi connectivity index (χ3v) is 4.27. The number of aromatic nitrogens is 5. The fourth-order valence-corrected chi connectivity index (χ4v) is 3.06. The van der Waals surface area contributed by atoms with Gasteiger partial charge < -0.3 is 9.64 Å². The molecule has 0 saturated heterocycles. The van der Waals surface area contributed by atoms with Gasteiger partial charge in [0.15, 0.2) is 5.65 Å². The van der Waals surface area contributed by atoms with Gasteiger partial charge in [-0.2, -0.15) is 5.10 Å². The number of carbonyl (C=O) groups is 1. The van der Waals surface area contributed by atoms with Crippen LogP contribution in [0.3, 0.4) is 0 Å². The third-order valence-electron chi connectivity index (χ3n) is 3.32. The van der Waals surface area contributed by atoms with Crippen molar-refractivity contribution in [3.8, 4) is 0 Å². The largest absolute Gasteiger partial charge is 0.468 e. The number of aryl methyl sites for hydroxylation is 1. The maximum Gasteiger partial charge on any atom is 0.327 e. The molecule has 0 aliphatic rings. The number of rotatable bonds is 5. The molecule has 0 aliphatic carbocycles. The van der Waals surface area contributed by atoms with Crippen molar-refractivity contribution in [2.75, 3.05) is 19.1 Å². The highest BCUT2D eigenvalue weighted by Gasteiger charge is 2.15. The van der Waals surface area contributed by atoms with Crippen LogP contribution in [0.4, 0.5) is 5.82 Å². The average molecular weight is 332 g/mol. The van der Waals surface area contributed by atoms with Crippen LogP contribution in [0.15, 0.2) is 17.9 Å². The first-order valence-corrected chi connectivity index (χ1v) is 7.82. The number of ether oxygens (including phenoxy) is 1. The van der Waals surface area contributed by atoms with Gasteiger partial charge in [0.25, 0.3) is 0 Å². The molecule has 0 aromatic carbocycles. The van der Waals surface area contributed by atoms with Crippen LogP contribution < -0.4 is 4.90 Å². The molecule has 3 aromatic rings. The zero-order valence-corrected chi connectivity index (χ0v) is 13.9. The highest BCUT2D eigenvalue weighted by Crippen LogP contribution is 2.23. The molecule has 23 heavy (non-hydrogen) atoms. The fourth-order valence-electron chi connectivity index (χ4n) is 2.24. The fraction of sp³-hybridized carbons (Fsp3) is 0.357. The topological polar surface area (TPSA) is 86.0 Å². The first-order chi connectivity index (χ1) is 11.1. The normalized spacial score (nSPS) is 10.9. The maximum absolute atomic E-state index is 11.4. The Kier molecular flexibility index (Phi) is 4.20. The van der Waals surface area contributed by atoms with E-state index >= 15 is 0 Å². The molecule has 9 heteroatoms. The minimum absolute atomic E-state index is 0.0197. The van der Waals surface area contributed by atoms with E-state index in [0.717, 1.165) is 21.9 Å². The van der Waals surface area contributed by atoms with E-state index in [9.17, 15) is 4.79 Å². The van der Waals surface area contributed by atoms with Crippen LogP contribution in [0, 0.1) is 6.92 Å². The number of anilines is 1. The Labute approximate surface area is 136 Å². The first-order valence-electron chi connectivity index (χ1n) is 6.94. The van der Waals surface area contributed by atoms with Crippen LogP contribution in [0.2, 0.25) is 0 Å². The van der Waals surface area contributed by atoms with Crippen LogP contribution >= 0.6 is 11.3 Å². The molecule has 3 rings (SSSR count). The summed E-state index contributed by atoms with van der Waals surface area (Å²) in [6, 6.07) is 0. The molecule has 0 aliphatic heterocycles. The zero-order valence-electron chi connectivity index (χ0n) is 13.1. The summed E-state index contributed by atoms with van der Waals surface area (Å²) in [4.78, 5) is 26.5. The minimum Gasteiger partial charge on any atom is -0.468 e. The standard InChI is InChI=1S/C14H16N6O2S/c1-9-7-23-11(18-9)5-19(2)13-10-4-17-20(6-12(21)22-3)14(10)16-8-15-13/h4,7-8H,5-6H2,1-3H3. The summed E-state index contributed by atoms with van der Waals surface area (Å²) in [7, 11) is 3.29. The number of thiazole rings is 1. The highest BCUT2D eigenvalue weighted by atomic mass is 32.1. The van der Waals surface area contributed by atoms with Gasteiger partial charge in [-0.25, -0.2) is 19.6 Å². The zero-order chi connectivity index (χ0) is 16.4. The van der Waals surface area contributed by atoms with Crippen molar-refractivity contribution >= 4 is 34.2 Å². The quantitative estimate of drug-likeness (QED) is 0.653. The Balaban J connectivity index is 1.90. The Morgan fingerprint density at radius 3 is 2.96 bits per heavy atom. The molecule has 0 unspecified atom stereocenters. The van der Waals surface area contributed by atoms with Crippen LogP contribution in [0.25, 0.3) is 11.0 Å². The van der Waals surface area contributed by atoms with E-state index in [1.165, 1.54) is 18.1 Å². The van der Waals surface area contributed by atoms with Crippen molar-refractivity contribution in [3.63, 3.8) is 0 Å². The van der Waals surface area contributed by atoms with E-state index in [0.29, 0.717) is 12.2 Å². The van der Waals surface area contributed by atoms with Gasteiger partial charge in [0, 0.05) is 18.1 Å². The van der Waals surface area contributed by atoms with Crippen LogP contribution in [0.1, 0.15) is 10.7 Å². The Morgan fingerprint density at radius 2 is 2.26 bits per heavy atom. The SMILES string of the molecule is COC(=O)Cn1ncc2c(N(C)Cc3nc(C)cs3)ncnc21. The molecule has 3 heterocycles. The summed E-state index contributed by atoms with van der Waals surface area (Å²) >= 11 is 1.62. The molecule has 0 N–H and O–H groups in total. The third kappa shape index (κ3) is 3.14. The summed E-state index contributed by atoms with van der Waals surface area (Å²) in [6.45, 7) is 2.64. The Hall–Kier alpha value is -2.55.